The second kappa shape index (κ2) is 9.86. The lowest BCUT2D eigenvalue weighted by molar-refractivity contribution is -0.151. The fourth-order valence-corrected chi connectivity index (χ4v) is 3.69. The van der Waals surface area contributed by atoms with E-state index in [1.807, 2.05) is 5.32 Å². The van der Waals surface area contributed by atoms with E-state index in [2.05, 4.69) is 20.7 Å². The highest BCUT2D eigenvalue weighted by Gasteiger charge is 2.41. The number of H-pyrrole nitrogens is 1. The average Bonchev–Trinajstić information content (AvgIpc) is 3.43. The highest BCUT2D eigenvalue weighted by molar-refractivity contribution is 6.35. The second-order valence-electron chi connectivity index (χ2n) is 7.67. The van der Waals surface area contributed by atoms with Crippen LogP contribution in [0.2, 0.25) is 0 Å². The molecule has 0 bridgehead atoms. The van der Waals surface area contributed by atoms with Gasteiger partial charge >= 0.3 is 18.0 Å². The Balaban J connectivity index is 1.65. The number of alkyl halides is 3. The smallest absolute Gasteiger partial charge is 0.339 e. The number of carbonyl (C=O) groups excluding carboxylic acids is 3. The quantitative estimate of drug-likeness (QED) is 0.439. The van der Waals surface area contributed by atoms with Crippen molar-refractivity contribution in [2.24, 2.45) is 5.92 Å². The van der Waals surface area contributed by atoms with Gasteiger partial charge in [0.1, 0.15) is 17.6 Å². The summed E-state index contributed by atoms with van der Waals surface area (Å²) in [6, 6.07) is 2.74. The second-order valence-corrected chi connectivity index (χ2v) is 7.67. The van der Waals surface area contributed by atoms with Crippen LogP contribution < -0.4 is 10.6 Å². The molecule has 3 amide bonds. The van der Waals surface area contributed by atoms with Crippen LogP contribution in [0.3, 0.4) is 0 Å². The number of hydrogen-bond acceptors (Lipinski definition) is 6. The van der Waals surface area contributed by atoms with Crippen LogP contribution >= 0.6 is 0 Å². The predicted octanol–water partition coefficient (Wildman–Crippen LogP) is 1.80. The van der Waals surface area contributed by atoms with Crippen LogP contribution in [0.4, 0.5) is 23.2 Å². The maximum atomic E-state index is 13.5. The molecule has 3 rings (SSSR count). The van der Waals surface area contributed by atoms with E-state index in [1.165, 1.54) is 13.0 Å². The van der Waals surface area contributed by atoms with E-state index in [-0.39, 0.29) is 29.9 Å². The molecule has 14 heteroatoms. The molecule has 0 aliphatic carbocycles. The van der Waals surface area contributed by atoms with Crippen LogP contribution in [0.5, 0.6) is 0 Å². The summed E-state index contributed by atoms with van der Waals surface area (Å²) < 4.78 is 52.2. The lowest BCUT2D eigenvalue weighted by atomic mass is 10.0. The van der Waals surface area contributed by atoms with Crippen molar-refractivity contribution in [3.8, 4) is 6.07 Å². The average molecular weight is 481 g/mol. The van der Waals surface area contributed by atoms with E-state index >= 15 is 0 Å². The molecule has 2 heterocycles. The van der Waals surface area contributed by atoms with Crippen LogP contribution in [-0.4, -0.2) is 56.8 Å². The van der Waals surface area contributed by atoms with Gasteiger partial charge in [0.15, 0.2) is 0 Å². The summed E-state index contributed by atoms with van der Waals surface area (Å²) in [6.45, 7) is 1.55. The number of likely N-dealkylation sites (tertiary alicyclic amines) is 1. The van der Waals surface area contributed by atoms with Crippen molar-refractivity contribution in [1.82, 2.24) is 25.6 Å². The Bertz CT molecular complexity index is 1110. The fraction of sp³-hybridized carbons (Fsp3) is 0.400. The first-order valence-corrected chi connectivity index (χ1v) is 10.0. The zero-order valence-electron chi connectivity index (χ0n) is 17.7. The van der Waals surface area contributed by atoms with Crippen molar-refractivity contribution in [2.45, 2.75) is 38.0 Å². The van der Waals surface area contributed by atoms with Gasteiger partial charge in [0, 0.05) is 24.5 Å². The van der Waals surface area contributed by atoms with E-state index in [0.29, 0.717) is 0 Å². The largest absolute Gasteiger partial charge is 0.391 e. The van der Waals surface area contributed by atoms with E-state index in [0.717, 1.165) is 23.2 Å². The van der Waals surface area contributed by atoms with Gasteiger partial charge in [-0.15, -0.1) is 5.10 Å². The van der Waals surface area contributed by atoms with E-state index < -0.39 is 54.1 Å². The third-order valence-corrected chi connectivity index (χ3v) is 5.43. The molecule has 1 saturated heterocycles. The highest BCUT2D eigenvalue weighted by Crippen LogP contribution is 2.29. The van der Waals surface area contributed by atoms with Crippen molar-refractivity contribution in [3.05, 3.63) is 41.5 Å². The number of halogens is 4. The number of nitrogens with one attached hydrogen (secondary N) is 3. The van der Waals surface area contributed by atoms with E-state index in [4.69, 9.17) is 5.26 Å². The lowest BCUT2D eigenvalue weighted by Crippen LogP contribution is -2.47. The zero-order chi connectivity index (χ0) is 25.0. The molecule has 1 aromatic carbocycles. The summed E-state index contributed by atoms with van der Waals surface area (Å²) in [6.07, 6.45) is -4.84. The minimum absolute atomic E-state index is 0.0201. The van der Waals surface area contributed by atoms with Crippen molar-refractivity contribution in [1.29, 1.82) is 5.26 Å². The first-order chi connectivity index (χ1) is 16.0. The summed E-state index contributed by atoms with van der Waals surface area (Å²) in [4.78, 5) is 38.9. The molecule has 0 spiro atoms. The van der Waals surface area contributed by atoms with Gasteiger partial charge in [-0.3, -0.25) is 19.5 Å². The van der Waals surface area contributed by atoms with Gasteiger partial charge < -0.3 is 15.5 Å². The van der Waals surface area contributed by atoms with Gasteiger partial charge in [-0.25, -0.2) is 4.39 Å². The molecule has 1 fully saturated rings. The summed E-state index contributed by atoms with van der Waals surface area (Å²) in [5, 5.41) is 22.5. The summed E-state index contributed by atoms with van der Waals surface area (Å²) in [7, 11) is 0. The Kier molecular flexibility index (Phi) is 7.14. The summed E-state index contributed by atoms with van der Waals surface area (Å²) in [5.74, 6) is -4.37. The number of aromatic amines is 1. The molecule has 34 heavy (non-hydrogen) atoms. The molecule has 0 saturated carbocycles. The molecule has 1 aliphatic rings. The van der Waals surface area contributed by atoms with Crippen molar-refractivity contribution < 1.29 is 31.9 Å². The molecule has 2 aromatic rings. The fourth-order valence-electron chi connectivity index (χ4n) is 3.69. The molecule has 3 N–H and O–H groups in total. The Morgan fingerprint density at radius 3 is 2.71 bits per heavy atom. The molecule has 3 atom stereocenters. The van der Waals surface area contributed by atoms with Crippen molar-refractivity contribution in [3.63, 3.8) is 0 Å². The van der Waals surface area contributed by atoms with E-state index in [9.17, 15) is 31.9 Å². The number of anilines is 1. The van der Waals surface area contributed by atoms with Gasteiger partial charge in [0.05, 0.1) is 23.9 Å². The Morgan fingerprint density at radius 2 is 2.09 bits per heavy atom. The third kappa shape index (κ3) is 5.66. The minimum Gasteiger partial charge on any atom is -0.339 e. The molecule has 180 valence electrons. The number of rotatable bonds is 5. The van der Waals surface area contributed by atoms with Gasteiger partial charge in [-0.1, -0.05) is 5.21 Å². The first kappa shape index (κ1) is 24.6. The first-order valence-electron chi connectivity index (χ1n) is 10.0. The molecular formula is C20H19F4N7O3. The monoisotopic (exact) mass is 481 g/mol. The number of carbonyl (C=O) groups is 3. The predicted molar refractivity (Wildman–Crippen MR) is 107 cm³/mol. The molecular weight excluding hydrogens is 462 g/mol. The SMILES string of the molecule is C[C@H]1[C@@H](C(=O)Nc2ccc(F)c(C#N)c2)CCN1C(=O)C(=O)N[C@@H](CC(F)(F)F)c1c[nH]nn1. The molecule has 1 aromatic heterocycles. The minimum atomic E-state index is -4.64. The number of nitriles is 1. The zero-order valence-corrected chi connectivity index (χ0v) is 17.7. The van der Waals surface area contributed by atoms with Crippen molar-refractivity contribution >= 4 is 23.4 Å². The summed E-state index contributed by atoms with van der Waals surface area (Å²) in [5.41, 5.74) is -0.271. The number of hydrogen-bond donors (Lipinski definition) is 3. The van der Waals surface area contributed by atoms with Crippen LogP contribution in [0.15, 0.2) is 24.4 Å². The maximum absolute atomic E-state index is 13.5. The van der Waals surface area contributed by atoms with Gasteiger partial charge in [-0.2, -0.15) is 18.4 Å². The number of nitrogens with zero attached hydrogens (tertiary/aromatic N) is 4. The van der Waals surface area contributed by atoms with Gasteiger partial charge in [-0.05, 0) is 31.5 Å². The highest BCUT2D eigenvalue weighted by atomic mass is 19.4. The number of benzene rings is 1. The van der Waals surface area contributed by atoms with Crippen LogP contribution in [0.1, 0.15) is 37.1 Å². The topological polar surface area (TPSA) is 144 Å². The van der Waals surface area contributed by atoms with Crippen molar-refractivity contribution in [2.75, 3.05) is 11.9 Å². The lowest BCUT2D eigenvalue weighted by Gasteiger charge is -2.25. The van der Waals surface area contributed by atoms with E-state index in [1.54, 1.807) is 6.07 Å². The molecule has 0 unspecified atom stereocenters. The maximum Gasteiger partial charge on any atom is 0.391 e. The number of aromatic nitrogens is 3. The Hall–Kier alpha value is -4.02. The van der Waals surface area contributed by atoms with Crippen LogP contribution in [-0.2, 0) is 14.4 Å². The van der Waals surface area contributed by atoms with Gasteiger partial charge in [0.2, 0.25) is 5.91 Å². The number of amides is 3. The van der Waals surface area contributed by atoms with Gasteiger partial charge in [0.25, 0.3) is 0 Å². The molecule has 1 aliphatic heterocycles. The van der Waals surface area contributed by atoms with Crippen LogP contribution in [0, 0.1) is 23.1 Å². The Labute approximate surface area is 190 Å². The Morgan fingerprint density at radius 1 is 1.35 bits per heavy atom. The molecule has 10 nitrogen and oxygen atoms in total. The normalized spacial score (nSPS) is 18.8. The third-order valence-electron chi connectivity index (χ3n) is 5.43. The van der Waals surface area contributed by atoms with Crippen LogP contribution in [0.25, 0.3) is 0 Å². The standard InChI is InChI=1S/C20H19F4N7O3/c1-10-13(17(32)27-12-2-3-14(21)11(6-12)8-25)4-5-31(10)19(34)18(33)28-15(7-20(22,23)24)16-9-26-30-29-16/h2-3,6,9-10,13,15H,4-5,7H2,1H3,(H,27,32)(H,28,33)(H,26,29,30)/t10-,13-,15-/m0/s1. The summed E-state index contributed by atoms with van der Waals surface area (Å²) >= 11 is 0. The molecule has 0 radical (unpaired) electrons.